The highest BCUT2D eigenvalue weighted by Crippen LogP contribution is 2.21. The van der Waals surface area contributed by atoms with Crippen molar-refractivity contribution < 1.29 is 9.53 Å². The molecule has 0 saturated heterocycles. The van der Waals surface area contributed by atoms with E-state index in [-0.39, 0.29) is 11.9 Å². The second kappa shape index (κ2) is 6.44. The lowest BCUT2D eigenvalue weighted by atomic mass is 10.0. The van der Waals surface area contributed by atoms with Gasteiger partial charge in [0.2, 0.25) is 0 Å². The topological polar surface area (TPSA) is 26.3 Å². The monoisotopic (exact) mass is 220 g/mol. The maximum atomic E-state index is 11.8. The molecule has 0 saturated carbocycles. The summed E-state index contributed by atoms with van der Waals surface area (Å²) in [7, 11) is 0. The van der Waals surface area contributed by atoms with E-state index < -0.39 is 0 Å². The molecule has 0 aliphatic carbocycles. The third kappa shape index (κ3) is 3.46. The SMILES string of the molecule is CCCOC(C(=O)CC)c1cccc(C)c1. The molecule has 0 aromatic heterocycles. The lowest BCUT2D eigenvalue weighted by molar-refractivity contribution is -0.130. The minimum absolute atomic E-state index is 0.152. The first-order chi connectivity index (χ1) is 7.69. The molecule has 88 valence electrons. The zero-order valence-electron chi connectivity index (χ0n) is 10.3. The van der Waals surface area contributed by atoms with Gasteiger partial charge in [-0.25, -0.2) is 0 Å². The largest absolute Gasteiger partial charge is 0.366 e. The van der Waals surface area contributed by atoms with Crippen LogP contribution in [0.25, 0.3) is 0 Å². The number of hydrogen-bond donors (Lipinski definition) is 0. The number of rotatable bonds is 6. The fourth-order valence-corrected chi connectivity index (χ4v) is 1.63. The van der Waals surface area contributed by atoms with E-state index >= 15 is 0 Å². The maximum absolute atomic E-state index is 11.8. The van der Waals surface area contributed by atoms with Crippen molar-refractivity contribution in [3.63, 3.8) is 0 Å². The summed E-state index contributed by atoms with van der Waals surface area (Å²) >= 11 is 0. The number of ether oxygens (including phenoxy) is 1. The first-order valence-electron chi connectivity index (χ1n) is 5.89. The summed E-state index contributed by atoms with van der Waals surface area (Å²) < 4.78 is 5.64. The number of benzene rings is 1. The van der Waals surface area contributed by atoms with Crippen LogP contribution in [0.5, 0.6) is 0 Å². The Balaban J connectivity index is 2.87. The van der Waals surface area contributed by atoms with Crippen LogP contribution in [0.4, 0.5) is 0 Å². The van der Waals surface area contributed by atoms with Gasteiger partial charge in [-0.15, -0.1) is 0 Å². The summed E-state index contributed by atoms with van der Waals surface area (Å²) in [5.41, 5.74) is 2.13. The highest BCUT2D eigenvalue weighted by atomic mass is 16.5. The van der Waals surface area contributed by atoms with Crippen LogP contribution < -0.4 is 0 Å². The number of Topliss-reactive ketones (excluding diaryl/α,β-unsaturated/α-hetero) is 1. The predicted octanol–water partition coefficient (Wildman–Crippen LogP) is 3.44. The van der Waals surface area contributed by atoms with E-state index in [4.69, 9.17) is 4.74 Å². The van der Waals surface area contributed by atoms with Gasteiger partial charge in [0.05, 0.1) is 0 Å². The molecule has 0 aliphatic heterocycles. The summed E-state index contributed by atoms with van der Waals surface area (Å²) in [6, 6.07) is 7.97. The molecule has 1 atom stereocenters. The predicted molar refractivity (Wildman–Crippen MR) is 65.5 cm³/mol. The molecule has 0 heterocycles. The first-order valence-corrected chi connectivity index (χ1v) is 5.89. The highest BCUT2D eigenvalue weighted by Gasteiger charge is 2.19. The molecule has 2 heteroatoms. The van der Waals surface area contributed by atoms with E-state index in [1.54, 1.807) is 0 Å². The Morgan fingerprint density at radius 1 is 1.38 bits per heavy atom. The van der Waals surface area contributed by atoms with Crippen molar-refractivity contribution in [3.05, 3.63) is 35.4 Å². The number of ketones is 1. The number of aryl methyl sites for hydroxylation is 1. The molecule has 1 rings (SSSR count). The van der Waals surface area contributed by atoms with Crippen molar-refractivity contribution in [2.24, 2.45) is 0 Å². The van der Waals surface area contributed by atoms with Crippen LogP contribution in [0, 0.1) is 6.92 Å². The van der Waals surface area contributed by atoms with E-state index in [2.05, 4.69) is 0 Å². The molecular weight excluding hydrogens is 200 g/mol. The number of carbonyl (C=O) groups is 1. The molecule has 1 aromatic rings. The molecular formula is C14H20O2. The lowest BCUT2D eigenvalue weighted by Crippen LogP contribution is -2.15. The van der Waals surface area contributed by atoms with Crippen molar-refractivity contribution >= 4 is 5.78 Å². The van der Waals surface area contributed by atoms with E-state index in [0.717, 1.165) is 17.5 Å². The average molecular weight is 220 g/mol. The van der Waals surface area contributed by atoms with Gasteiger partial charge in [0.15, 0.2) is 5.78 Å². The molecule has 0 aliphatic rings. The molecule has 0 radical (unpaired) electrons. The second-order valence-corrected chi connectivity index (χ2v) is 3.98. The van der Waals surface area contributed by atoms with Gasteiger partial charge in [0.1, 0.15) is 6.10 Å². The van der Waals surface area contributed by atoms with E-state index in [1.807, 2.05) is 45.0 Å². The Kier molecular flexibility index (Phi) is 5.20. The highest BCUT2D eigenvalue weighted by molar-refractivity contribution is 5.84. The van der Waals surface area contributed by atoms with Gasteiger partial charge in [0, 0.05) is 13.0 Å². The number of carbonyl (C=O) groups excluding carboxylic acids is 1. The van der Waals surface area contributed by atoms with Gasteiger partial charge in [-0.1, -0.05) is 43.7 Å². The molecule has 2 nitrogen and oxygen atoms in total. The van der Waals surface area contributed by atoms with Crippen molar-refractivity contribution in [2.45, 2.75) is 39.7 Å². The van der Waals surface area contributed by atoms with Gasteiger partial charge in [-0.05, 0) is 18.9 Å². The van der Waals surface area contributed by atoms with Crippen LogP contribution in [0.2, 0.25) is 0 Å². The third-order valence-electron chi connectivity index (χ3n) is 2.47. The van der Waals surface area contributed by atoms with Crippen LogP contribution in [0.1, 0.15) is 43.9 Å². The molecule has 0 amide bonds. The van der Waals surface area contributed by atoms with Gasteiger partial charge in [-0.3, -0.25) is 4.79 Å². The molecule has 1 aromatic carbocycles. The van der Waals surface area contributed by atoms with Crippen molar-refractivity contribution in [1.82, 2.24) is 0 Å². The Hall–Kier alpha value is -1.15. The lowest BCUT2D eigenvalue weighted by Gasteiger charge is -2.16. The smallest absolute Gasteiger partial charge is 0.165 e. The van der Waals surface area contributed by atoms with E-state index in [1.165, 1.54) is 0 Å². The molecule has 0 N–H and O–H groups in total. The van der Waals surface area contributed by atoms with Gasteiger partial charge in [0.25, 0.3) is 0 Å². The van der Waals surface area contributed by atoms with Crippen LogP contribution in [-0.4, -0.2) is 12.4 Å². The van der Waals surface area contributed by atoms with Crippen LogP contribution in [0.3, 0.4) is 0 Å². The zero-order chi connectivity index (χ0) is 12.0. The molecule has 0 spiro atoms. The third-order valence-corrected chi connectivity index (χ3v) is 2.47. The summed E-state index contributed by atoms with van der Waals surface area (Å²) in [5.74, 6) is 0.152. The van der Waals surface area contributed by atoms with Crippen molar-refractivity contribution in [3.8, 4) is 0 Å². The minimum Gasteiger partial charge on any atom is -0.366 e. The minimum atomic E-state index is -0.384. The quantitative estimate of drug-likeness (QED) is 0.734. The fraction of sp³-hybridized carbons (Fsp3) is 0.500. The molecule has 1 unspecified atom stereocenters. The summed E-state index contributed by atoms with van der Waals surface area (Å²) in [6.45, 7) is 6.57. The summed E-state index contributed by atoms with van der Waals surface area (Å²) in [4.78, 5) is 11.8. The summed E-state index contributed by atoms with van der Waals surface area (Å²) in [6.07, 6.45) is 1.06. The van der Waals surface area contributed by atoms with Crippen LogP contribution >= 0.6 is 0 Å². The molecule has 0 fully saturated rings. The van der Waals surface area contributed by atoms with E-state index in [0.29, 0.717) is 13.0 Å². The van der Waals surface area contributed by atoms with Gasteiger partial charge >= 0.3 is 0 Å². The van der Waals surface area contributed by atoms with Crippen molar-refractivity contribution in [2.75, 3.05) is 6.61 Å². The Morgan fingerprint density at radius 3 is 2.69 bits per heavy atom. The van der Waals surface area contributed by atoms with E-state index in [9.17, 15) is 4.79 Å². The maximum Gasteiger partial charge on any atom is 0.165 e. The van der Waals surface area contributed by atoms with Crippen LogP contribution in [0.15, 0.2) is 24.3 Å². The van der Waals surface area contributed by atoms with Gasteiger partial charge in [-0.2, -0.15) is 0 Å². The molecule has 16 heavy (non-hydrogen) atoms. The fourth-order valence-electron chi connectivity index (χ4n) is 1.63. The van der Waals surface area contributed by atoms with Crippen LogP contribution in [-0.2, 0) is 9.53 Å². The second-order valence-electron chi connectivity index (χ2n) is 3.98. The molecule has 0 bridgehead atoms. The Morgan fingerprint density at radius 2 is 2.12 bits per heavy atom. The first kappa shape index (κ1) is 12.9. The summed E-state index contributed by atoms with van der Waals surface area (Å²) in [5, 5.41) is 0. The zero-order valence-corrected chi connectivity index (χ0v) is 10.3. The Bertz CT molecular complexity index is 344. The van der Waals surface area contributed by atoms with Crippen molar-refractivity contribution in [1.29, 1.82) is 0 Å². The average Bonchev–Trinajstić information content (AvgIpc) is 2.29. The van der Waals surface area contributed by atoms with Gasteiger partial charge < -0.3 is 4.74 Å². The normalized spacial score (nSPS) is 12.4. The number of hydrogen-bond acceptors (Lipinski definition) is 2. The Labute approximate surface area is 97.6 Å². The standard InChI is InChI=1S/C14H20O2/c1-4-9-16-14(13(15)5-2)12-8-6-7-11(3)10-12/h6-8,10,14H,4-5,9H2,1-3H3.